The van der Waals surface area contributed by atoms with Gasteiger partial charge in [-0.15, -0.1) is 0 Å². The molecule has 2 aromatic carbocycles. The number of carbonyl (C=O) groups excluding carboxylic acids is 1. The van der Waals surface area contributed by atoms with E-state index in [-0.39, 0.29) is 17.1 Å². The maximum Gasteiger partial charge on any atom is 0.494 e. The zero-order valence-corrected chi connectivity index (χ0v) is 15.6. The van der Waals surface area contributed by atoms with Gasteiger partial charge in [0.25, 0.3) is 5.91 Å². The molecule has 136 valence electrons. The Kier molecular flexibility index (Phi) is 5.18. The molecule has 0 unspecified atom stereocenters. The average Bonchev–Trinajstić information content (AvgIpc) is 2.83. The Hall–Kier alpha value is -2.15. The molecule has 1 saturated heterocycles. The van der Waals surface area contributed by atoms with Crippen molar-refractivity contribution in [3.05, 3.63) is 65.7 Å². The summed E-state index contributed by atoms with van der Waals surface area (Å²) in [5.74, 6) is -0.290. The topological polar surface area (TPSA) is 56.8 Å². The molecule has 1 aliphatic rings. The number of rotatable bonds is 5. The fourth-order valence-electron chi connectivity index (χ4n) is 2.59. The molecule has 0 aliphatic carbocycles. The maximum atomic E-state index is 12.2. The van der Waals surface area contributed by atoms with Crippen LogP contribution >= 0.6 is 0 Å². The molecule has 2 aromatic rings. The largest absolute Gasteiger partial charge is 0.494 e. The summed E-state index contributed by atoms with van der Waals surface area (Å²) in [4.78, 5) is 17.4. The summed E-state index contributed by atoms with van der Waals surface area (Å²) in [5, 5.41) is 0. The fraction of sp³-hybridized carbons (Fsp3) is 0.350. The quantitative estimate of drug-likeness (QED) is 0.663. The zero-order chi connectivity index (χ0) is 18.8. The molecule has 1 amide bonds. The van der Waals surface area contributed by atoms with E-state index in [9.17, 15) is 4.79 Å². The minimum atomic E-state index is -0.438. The first-order chi connectivity index (χ1) is 12.3. The van der Waals surface area contributed by atoms with Gasteiger partial charge in [0.1, 0.15) is 0 Å². The van der Waals surface area contributed by atoms with Crippen molar-refractivity contribution in [3.8, 4) is 0 Å². The minimum Gasteiger partial charge on any atom is -0.399 e. The second kappa shape index (κ2) is 7.23. The van der Waals surface area contributed by atoms with Gasteiger partial charge in [-0.2, -0.15) is 0 Å². The average molecular weight is 353 g/mol. The lowest BCUT2D eigenvalue weighted by Crippen LogP contribution is -2.41. The molecule has 0 atom stereocenters. The third-order valence-corrected chi connectivity index (χ3v) is 4.94. The number of benzene rings is 2. The van der Waals surface area contributed by atoms with Crippen LogP contribution in [0.25, 0.3) is 0 Å². The van der Waals surface area contributed by atoms with Gasteiger partial charge in [0.15, 0.2) is 0 Å². The minimum absolute atomic E-state index is 0.290. The molecule has 1 heterocycles. The van der Waals surface area contributed by atoms with Crippen molar-refractivity contribution in [3.63, 3.8) is 0 Å². The standard InChI is InChI=1S/C20H24BNO4/c1-19(2)20(3,4)26-21(25-19)17-12-10-16(11-13-17)18(23)22-24-14-15-8-6-5-7-9-15/h5-13H,14H2,1-4H3,(H,22,23). The summed E-state index contributed by atoms with van der Waals surface area (Å²) in [6.45, 7) is 8.37. The van der Waals surface area contributed by atoms with Crippen LogP contribution < -0.4 is 10.9 Å². The smallest absolute Gasteiger partial charge is 0.399 e. The van der Waals surface area contributed by atoms with Crippen molar-refractivity contribution < 1.29 is 18.9 Å². The van der Waals surface area contributed by atoms with Gasteiger partial charge in [-0.1, -0.05) is 42.5 Å². The number of hydrogen-bond acceptors (Lipinski definition) is 4. The van der Waals surface area contributed by atoms with Gasteiger partial charge < -0.3 is 9.31 Å². The predicted octanol–water partition coefficient (Wildman–Crippen LogP) is 2.85. The molecule has 1 N–H and O–H groups in total. The predicted molar refractivity (Wildman–Crippen MR) is 101 cm³/mol. The van der Waals surface area contributed by atoms with E-state index in [1.54, 1.807) is 12.1 Å². The van der Waals surface area contributed by atoms with Crippen LogP contribution in [0.4, 0.5) is 0 Å². The highest BCUT2D eigenvalue weighted by Gasteiger charge is 2.51. The lowest BCUT2D eigenvalue weighted by molar-refractivity contribution is 0.00578. The molecular formula is C20H24BNO4. The van der Waals surface area contributed by atoms with E-state index in [1.807, 2.05) is 70.2 Å². The molecule has 6 heteroatoms. The van der Waals surface area contributed by atoms with Gasteiger partial charge in [-0.3, -0.25) is 9.63 Å². The van der Waals surface area contributed by atoms with Gasteiger partial charge in [0.05, 0.1) is 17.8 Å². The Morgan fingerprint density at radius 1 is 0.962 bits per heavy atom. The second-order valence-corrected chi connectivity index (χ2v) is 7.42. The van der Waals surface area contributed by atoms with Crippen LogP contribution in [-0.2, 0) is 20.8 Å². The molecule has 0 aromatic heterocycles. The van der Waals surface area contributed by atoms with E-state index < -0.39 is 7.12 Å². The van der Waals surface area contributed by atoms with E-state index in [2.05, 4.69) is 5.48 Å². The molecule has 0 bridgehead atoms. The molecule has 3 rings (SSSR count). The number of hydrogen-bond donors (Lipinski definition) is 1. The molecule has 5 nitrogen and oxygen atoms in total. The van der Waals surface area contributed by atoms with Crippen molar-refractivity contribution in [1.82, 2.24) is 5.48 Å². The first kappa shape index (κ1) is 18.6. The first-order valence-corrected chi connectivity index (χ1v) is 8.70. The van der Waals surface area contributed by atoms with E-state index >= 15 is 0 Å². The molecule has 0 radical (unpaired) electrons. The lowest BCUT2D eigenvalue weighted by atomic mass is 9.79. The summed E-state index contributed by atoms with van der Waals surface area (Å²) in [6, 6.07) is 16.8. The van der Waals surface area contributed by atoms with Gasteiger partial charge in [-0.05, 0) is 50.9 Å². The van der Waals surface area contributed by atoms with Crippen molar-refractivity contribution in [1.29, 1.82) is 0 Å². The summed E-state index contributed by atoms with van der Waals surface area (Å²) < 4.78 is 12.0. The van der Waals surface area contributed by atoms with Crippen molar-refractivity contribution >= 4 is 18.5 Å². The molecular weight excluding hydrogens is 329 g/mol. The van der Waals surface area contributed by atoms with E-state index in [0.29, 0.717) is 12.2 Å². The SMILES string of the molecule is CC1(C)OB(c2ccc(C(=O)NOCc3ccccc3)cc2)OC1(C)C. The molecule has 26 heavy (non-hydrogen) atoms. The maximum absolute atomic E-state index is 12.2. The highest BCUT2D eigenvalue weighted by Crippen LogP contribution is 2.36. The van der Waals surface area contributed by atoms with Crippen LogP contribution in [0.1, 0.15) is 43.6 Å². The second-order valence-electron chi connectivity index (χ2n) is 7.42. The Bertz CT molecular complexity index is 743. The van der Waals surface area contributed by atoms with Crippen LogP contribution in [0.2, 0.25) is 0 Å². The Morgan fingerprint density at radius 3 is 2.12 bits per heavy atom. The highest BCUT2D eigenvalue weighted by molar-refractivity contribution is 6.62. The van der Waals surface area contributed by atoms with Gasteiger partial charge in [0, 0.05) is 5.56 Å². The van der Waals surface area contributed by atoms with Crippen LogP contribution in [-0.4, -0.2) is 24.2 Å². The monoisotopic (exact) mass is 353 g/mol. The summed E-state index contributed by atoms with van der Waals surface area (Å²) >= 11 is 0. The number of carbonyl (C=O) groups is 1. The zero-order valence-electron chi connectivity index (χ0n) is 15.6. The lowest BCUT2D eigenvalue weighted by Gasteiger charge is -2.32. The Morgan fingerprint density at radius 2 is 1.54 bits per heavy atom. The van der Waals surface area contributed by atoms with E-state index in [0.717, 1.165) is 11.0 Å². The molecule has 1 fully saturated rings. The van der Waals surface area contributed by atoms with Crippen LogP contribution in [0, 0.1) is 0 Å². The first-order valence-electron chi connectivity index (χ1n) is 8.70. The summed E-state index contributed by atoms with van der Waals surface area (Å²) in [6.07, 6.45) is 0. The van der Waals surface area contributed by atoms with Crippen LogP contribution in [0.3, 0.4) is 0 Å². The van der Waals surface area contributed by atoms with E-state index in [1.165, 1.54) is 0 Å². The summed E-state index contributed by atoms with van der Waals surface area (Å²) in [5.41, 5.74) is 4.06. The van der Waals surface area contributed by atoms with Gasteiger partial charge in [0.2, 0.25) is 0 Å². The third kappa shape index (κ3) is 3.98. The Balaban J connectivity index is 1.57. The van der Waals surface area contributed by atoms with Crippen LogP contribution in [0.5, 0.6) is 0 Å². The molecule has 1 aliphatic heterocycles. The molecule has 0 saturated carbocycles. The van der Waals surface area contributed by atoms with Crippen molar-refractivity contribution in [2.75, 3.05) is 0 Å². The highest BCUT2D eigenvalue weighted by atomic mass is 16.7. The van der Waals surface area contributed by atoms with Crippen molar-refractivity contribution in [2.24, 2.45) is 0 Å². The number of hydroxylamine groups is 1. The van der Waals surface area contributed by atoms with Crippen LogP contribution in [0.15, 0.2) is 54.6 Å². The van der Waals surface area contributed by atoms with Crippen molar-refractivity contribution in [2.45, 2.75) is 45.5 Å². The number of nitrogens with one attached hydrogen (secondary N) is 1. The normalized spacial score (nSPS) is 17.9. The third-order valence-electron chi connectivity index (χ3n) is 4.94. The Labute approximate surface area is 154 Å². The molecule has 0 spiro atoms. The summed E-state index contributed by atoms with van der Waals surface area (Å²) in [7, 11) is -0.438. The van der Waals surface area contributed by atoms with Gasteiger partial charge >= 0.3 is 7.12 Å². The van der Waals surface area contributed by atoms with E-state index in [4.69, 9.17) is 14.1 Å². The fourth-order valence-corrected chi connectivity index (χ4v) is 2.59. The number of amides is 1. The van der Waals surface area contributed by atoms with Gasteiger partial charge in [-0.25, -0.2) is 5.48 Å².